The van der Waals surface area contributed by atoms with Crippen molar-refractivity contribution in [3.8, 4) is 5.75 Å². The summed E-state index contributed by atoms with van der Waals surface area (Å²) in [4.78, 5) is 14.6. The number of likely N-dealkylation sites (tertiary alicyclic amines) is 1. The van der Waals surface area contributed by atoms with E-state index < -0.39 is 12.1 Å². The number of hydrogen-bond donors (Lipinski definition) is 2. The molecule has 0 spiro atoms. The van der Waals surface area contributed by atoms with Gasteiger partial charge in [-0.15, -0.1) is 0 Å². The second kappa shape index (κ2) is 9.27. The summed E-state index contributed by atoms with van der Waals surface area (Å²) in [6, 6.07) is 2.95. The van der Waals surface area contributed by atoms with E-state index in [-0.39, 0.29) is 23.1 Å². The predicted octanol–water partition coefficient (Wildman–Crippen LogP) is 2.57. The topological polar surface area (TPSA) is 85.0 Å². The van der Waals surface area contributed by atoms with Gasteiger partial charge in [0, 0.05) is 18.5 Å². The second-order valence-electron chi connectivity index (χ2n) is 6.44. The highest BCUT2D eigenvalue weighted by molar-refractivity contribution is 6.33. The van der Waals surface area contributed by atoms with E-state index in [4.69, 9.17) is 26.8 Å². The minimum Gasteiger partial charge on any atom is -0.496 e. The van der Waals surface area contributed by atoms with Crippen molar-refractivity contribution in [3.05, 3.63) is 22.7 Å². The Balaban J connectivity index is 1.91. The maximum absolute atomic E-state index is 12.3. The molecule has 2 atom stereocenters. The van der Waals surface area contributed by atoms with Crippen LogP contribution in [0.15, 0.2) is 12.1 Å². The van der Waals surface area contributed by atoms with Crippen LogP contribution in [-0.4, -0.2) is 55.4 Å². The van der Waals surface area contributed by atoms with E-state index >= 15 is 0 Å². The summed E-state index contributed by atoms with van der Waals surface area (Å²) in [6.07, 6.45) is 2.58. The zero-order valence-electron chi connectivity index (χ0n) is 14.8. The number of nitrogen functional groups attached to an aromatic ring is 1. The lowest BCUT2D eigenvalue weighted by Crippen LogP contribution is -2.45. The molecule has 1 saturated heterocycles. The van der Waals surface area contributed by atoms with Crippen molar-refractivity contribution in [2.45, 2.75) is 32.3 Å². The SMILES string of the molecule is CCCCN1CC[C@@H](COC(=O)c2cc(Cl)c(N)cc2OC)[C@@H](O)C1. The number of carbonyl (C=O) groups excluding carboxylic acids is 1. The first-order chi connectivity index (χ1) is 12.0. The van der Waals surface area contributed by atoms with E-state index in [9.17, 15) is 9.90 Å². The monoisotopic (exact) mass is 370 g/mol. The number of esters is 1. The van der Waals surface area contributed by atoms with Crippen LogP contribution in [0.5, 0.6) is 5.75 Å². The summed E-state index contributed by atoms with van der Waals surface area (Å²) in [6.45, 7) is 4.86. The number of benzene rings is 1. The van der Waals surface area contributed by atoms with E-state index in [1.807, 2.05) is 0 Å². The number of nitrogens with two attached hydrogens (primary N) is 1. The third kappa shape index (κ3) is 5.23. The van der Waals surface area contributed by atoms with Crippen LogP contribution in [0.1, 0.15) is 36.5 Å². The third-order valence-electron chi connectivity index (χ3n) is 4.60. The largest absolute Gasteiger partial charge is 0.496 e. The second-order valence-corrected chi connectivity index (χ2v) is 6.85. The molecular weight excluding hydrogens is 344 g/mol. The van der Waals surface area contributed by atoms with Gasteiger partial charge in [-0.1, -0.05) is 24.9 Å². The quantitative estimate of drug-likeness (QED) is 0.566. The molecule has 7 heteroatoms. The minimum absolute atomic E-state index is 0.0583. The molecule has 140 valence electrons. The number of carbonyl (C=O) groups is 1. The lowest BCUT2D eigenvalue weighted by molar-refractivity contribution is -0.0147. The fourth-order valence-corrected chi connectivity index (χ4v) is 3.15. The molecule has 0 bridgehead atoms. The Hall–Kier alpha value is -1.50. The Labute approximate surface area is 153 Å². The Morgan fingerprint density at radius 3 is 2.88 bits per heavy atom. The molecule has 0 aliphatic carbocycles. The number of aliphatic hydroxyl groups excluding tert-OH is 1. The molecule has 1 aliphatic heterocycles. The summed E-state index contributed by atoms with van der Waals surface area (Å²) in [5.41, 5.74) is 6.29. The molecule has 0 unspecified atom stereocenters. The summed E-state index contributed by atoms with van der Waals surface area (Å²) < 4.78 is 10.6. The summed E-state index contributed by atoms with van der Waals surface area (Å²) in [5, 5.41) is 10.6. The Bertz CT molecular complexity index is 597. The van der Waals surface area contributed by atoms with Gasteiger partial charge in [0.05, 0.1) is 30.5 Å². The molecule has 0 saturated carbocycles. The number of aliphatic hydroxyl groups is 1. The maximum Gasteiger partial charge on any atom is 0.341 e. The van der Waals surface area contributed by atoms with Gasteiger partial charge in [-0.25, -0.2) is 4.79 Å². The fourth-order valence-electron chi connectivity index (χ4n) is 2.98. The average molecular weight is 371 g/mol. The van der Waals surface area contributed by atoms with Crippen LogP contribution in [0.25, 0.3) is 0 Å². The van der Waals surface area contributed by atoms with Crippen molar-refractivity contribution in [1.29, 1.82) is 0 Å². The van der Waals surface area contributed by atoms with Crippen LogP contribution in [0, 0.1) is 5.92 Å². The van der Waals surface area contributed by atoms with Crippen molar-refractivity contribution in [2.75, 3.05) is 39.1 Å². The van der Waals surface area contributed by atoms with Gasteiger partial charge in [0.2, 0.25) is 0 Å². The molecule has 3 N–H and O–H groups in total. The molecule has 1 heterocycles. The van der Waals surface area contributed by atoms with Crippen LogP contribution in [0.4, 0.5) is 5.69 Å². The standard InChI is InChI=1S/C18H27ClN2O4/c1-3-4-6-21-7-5-12(16(22)10-21)11-25-18(23)13-8-14(19)15(20)9-17(13)24-2/h8-9,12,16,22H,3-7,10-11,20H2,1-2H3/t12-,16-/m0/s1. The first-order valence-corrected chi connectivity index (χ1v) is 9.04. The lowest BCUT2D eigenvalue weighted by Gasteiger charge is -2.35. The molecule has 0 radical (unpaired) electrons. The molecule has 2 rings (SSSR count). The Kier molecular flexibility index (Phi) is 7.35. The molecule has 6 nitrogen and oxygen atoms in total. The van der Waals surface area contributed by atoms with Gasteiger partial charge in [-0.05, 0) is 32.0 Å². The number of piperidine rings is 1. The highest BCUT2D eigenvalue weighted by Gasteiger charge is 2.29. The van der Waals surface area contributed by atoms with Crippen molar-refractivity contribution in [3.63, 3.8) is 0 Å². The zero-order chi connectivity index (χ0) is 18.4. The Morgan fingerprint density at radius 1 is 1.48 bits per heavy atom. The molecule has 1 aromatic carbocycles. The molecule has 25 heavy (non-hydrogen) atoms. The van der Waals surface area contributed by atoms with Gasteiger partial charge in [0.25, 0.3) is 0 Å². The van der Waals surface area contributed by atoms with Gasteiger partial charge >= 0.3 is 5.97 Å². The third-order valence-corrected chi connectivity index (χ3v) is 4.93. The summed E-state index contributed by atoms with van der Waals surface area (Å²) >= 11 is 5.98. The van der Waals surface area contributed by atoms with E-state index in [0.717, 1.165) is 32.4 Å². The van der Waals surface area contributed by atoms with E-state index in [1.165, 1.54) is 19.2 Å². The molecule has 0 amide bonds. The normalized spacial score (nSPS) is 21.1. The van der Waals surface area contributed by atoms with E-state index in [2.05, 4.69) is 11.8 Å². The lowest BCUT2D eigenvalue weighted by atomic mass is 9.94. The highest BCUT2D eigenvalue weighted by atomic mass is 35.5. The van der Waals surface area contributed by atoms with Gasteiger partial charge in [-0.2, -0.15) is 0 Å². The van der Waals surface area contributed by atoms with Gasteiger partial charge in [0.1, 0.15) is 11.3 Å². The van der Waals surface area contributed by atoms with Crippen molar-refractivity contribution < 1.29 is 19.4 Å². The average Bonchev–Trinajstić information content (AvgIpc) is 2.60. The number of methoxy groups -OCH3 is 1. The molecule has 1 aliphatic rings. The molecule has 1 fully saturated rings. The molecule has 1 aromatic rings. The van der Waals surface area contributed by atoms with Crippen LogP contribution in [-0.2, 0) is 4.74 Å². The van der Waals surface area contributed by atoms with Crippen LogP contribution >= 0.6 is 11.6 Å². The zero-order valence-corrected chi connectivity index (χ0v) is 15.6. The Morgan fingerprint density at radius 2 is 2.24 bits per heavy atom. The number of nitrogens with zero attached hydrogens (tertiary/aromatic N) is 1. The summed E-state index contributed by atoms with van der Waals surface area (Å²) in [7, 11) is 1.45. The maximum atomic E-state index is 12.3. The van der Waals surface area contributed by atoms with E-state index in [0.29, 0.717) is 18.0 Å². The first-order valence-electron chi connectivity index (χ1n) is 8.66. The van der Waals surface area contributed by atoms with Crippen molar-refractivity contribution in [2.24, 2.45) is 5.92 Å². The smallest absolute Gasteiger partial charge is 0.341 e. The molecule has 0 aromatic heterocycles. The fraction of sp³-hybridized carbons (Fsp3) is 0.611. The summed E-state index contributed by atoms with van der Waals surface area (Å²) in [5.74, 6) is -0.265. The number of hydrogen-bond acceptors (Lipinski definition) is 6. The number of rotatable bonds is 7. The number of ether oxygens (including phenoxy) is 2. The van der Waals surface area contributed by atoms with Crippen molar-refractivity contribution in [1.82, 2.24) is 4.90 Å². The van der Waals surface area contributed by atoms with Crippen molar-refractivity contribution >= 4 is 23.3 Å². The minimum atomic E-state index is -0.528. The van der Waals surface area contributed by atoms with Crippen LogP contribution in [0.2, 0.25) is 5.02 Å². The van der Waals surface area contributed by atoms with Crippen LogP contribution in [0.3, 0.4) is 0 Å². The number of unbranched alkanes of at least 4 members (excludes halogenated alkanes) is 1. The van der Waals surface area contributed by atoms with Gasteiger partial charge < -0.3 is 25.2 Å². The van der Waals surface area contributed by atoms with Gasteiger partial charge in [-0.3, -0.25) is 0 Å². The highest BCUT2D eigenvalue weighted by Crippen LogP contribution is 2.29. The number of halogens is 1. The number of anilines is 1. The number of β-amino-alcohol motifs (C(OH)–C–C–N with tert-alkyl or cyclic N) is 1. The van der Waals surface area contributed by atoms with E-state index in [1.54, 1.807) is 0 Å². The van der Waals surface area contributed by atoms with Crippen LogP contribution < -0.4 is 10.5 Å². The first kappa shape index (κ1) is 19.8. The predicted molar refractivity (Wildman–Crippen MR) is 98.2 cm³/mol. The van der Waals surface area contributed by atoms with Gasteiger partial charge in [0.15, 0.2) is 0 Å². The molecular formula is C18H27ClN2O4.